The summed E-state index contributed by atoms with van der Waals surface area (Å²) in [5, 5.41) is 14.2. The molecule has 0 spiro atoms. The maximum absolute atomic E-state index is 13.7. The number of aryl methyl sites for hydroxylation is 1. The average Bonchev–Trinajstić information content (AvgIpc) is 3.53. The number of carbonyl (C=O) groups excluding carboxylic acids is 1. The summed E-state index contributed by atoms with van der Waals surface area (Å²) in [6.45, 7) is 9.25. The highest BCUT2D eigenvalue weighted by Gasteiger charge is 2.47. The number of fused-ring (bicyclic) bond motifs is 1. The molecule has 9 heteroatoms. The lowest BCUT2D eigenvalue weighted by Crippen LogP contribution is -2.46. The molecule has 1 fully saturated rings. The van der Waals surface area contributed by atoms with Crippen LogP contribution in [-0.2, 0) is 11.3 Å². The molecular weight excluding hydrogens is 488 g/mol. The van der Waals surface area contributed by atoms with Gasteiger partial charge in [-0.15, -0.1) is 0 Å². The predicted octanol–water partition coefficient (Wildman–Crippen LogP) is 3.77. The number of benzene rings is 2. The first-order chi connectivity index (χ1) is 18.9. The standard InChI is InChI=1S/C30H34N8O/c1-22-5-11-25(12-6-22)38-27(33-29(39)30(2)21-32-37-14-4-13-31-28(30)37)19-26(34-38)24-9-7-23(8-10-24)20-36-17-15-35(3)16-18-36/h4-14,19,21,28H,15-18,20H2,1-3H3,(H,33,39). The third-order valence-corrected chi connectivity index (χ3v) is 7.77. The molecule has 200 valence electrons. The number of carbonyl (C=O) groups is 1. The molecule has 3 aromatic rings. The lowest BCUT2D eigenvalue weighted by molar-refractivity contribution is -0.123. The number of aromatic nitrogens is 2. The van der Waals surface area contributed by atoms with Crippen LogP contribution in [0.4, 0.5) is 5.82 Å². The van der Waals surface area contributed by atoms with E-state index in [0.717, 1.165) is 55.2 Å². The Bertz CT molecular complexity index is 1430. The van der Waals surface area contributed by atoms with E-state index in [9.17, 15) is 4.79 Å². The van der Waals surface area contributed by atoms with E-state index in [4.69, 9.17) is 5.10 Å². The van der Waals surface area contributed by atoms with Crippen LogP contribution in [0.15, 0.2) is 77.0 Å². The van der Waals surface area contributed by atoms with E-state index in [1.54, 1.807) is 22.1 Å². The number of hydrazone groups is 1. The Kier molecular flexibility index (Phi) is 6.62. The second-order valence-corrected chi connectivity index (χ2v) is 10.8. The number of anilines is 1. The summed E-state index contributed by atoms with van der Waals surface area (Å²) in [6.07, 6.45) is 6.61. The molecule has 2 unspecified atom stereocenters. The number of piperazine rings is 1. The molecule has 1 amide bonds. The van der Waals surface area contributed by atoms with Gasteiger partial charge in [0.05, 0.1) is 11.4 Å². The molecule has 1 N–H and O–H groups in total. The largest absolute Gasteiger partial charge is 0.310 e. The van der Waals surface area contributed by atoms with E-state index in [1.807, 2.05) is 49.5 Å². The van der Waals surface area contributed by atoms with E-state index in [2.05, 4.69) is 63.4 Å². The molecule has 4 heterocycles. The van der Waals surface area contributed by atoms with Crippen LogP contribution in [0.3, 0.4) is 0 Å². The number of aliphatic imine (C=N–C) groups is 1. The topological polar surface area (TPSA) is 81.4 Å². The summed E-state index contributed by atoms with van der Waals surface area (Å²) in [7, 11) is 2.18. The molecule has 1 aromatic heterocycles. The van der Waals surface area contributed by atoms with E-state index in [1.165, 1.54) is 5.56 Å². The molecule has 6 rings (SSSR count). The van der Waals surface area contributed by atoms with E-state index >= 15 is 0 Å². The van der Waals surface area contributed by atoms with Gasteiger partial charge in [0.1, 0.15) is 11.2 Å². The van der Waals surface area contributed by atoms with Gasteiger partial charge < -0.3 is 10.2 Å². The molecule has 1 saturated heterocycles. The zero-order valence-corrected chi connectivity index (χ0v) is 22.7. The van der Waals surface area contributed by atoms with E-state index in [-0.39, 0.29) is 5.91 Å². The van der Waals surface area contributed by atoms with Crippen LogP contribution in [0.1, 0.15) is 18.1 Å². The van der Waals surface area contributed by atoms with Crippen LogP contribution in [0, 0.1) is 12.3 Å². The first kappa shape index (κ1) is 25.2. The highest BCUT2D eigenvalue weighted by atomic mass is 16.2. The number of nitrogens with one attached hydrogen (secondary N) is 1. The highest BCUT2D eigenvalue weighted by molar-refractivity contribution is 6.07. The van der Waals surface area contributed by atoms with Crippen LogP contribution in [0.2, 0.25) is 0 Å². The summed E-state index contributed by atoms with van der Waals surface area (Å²) in [6, 6.07) is 18.6. The quantitative estimate of drug-likeness (QED) is 0.533. The van der Waals surface area contributed by atoms with Crippen molar-refractivity contribution in [3.63, 3.8) is 0 Å². The Balaban J connectivity index is 1.26. The third kappa shape index (κ3) is 5.03. The van der Waals surface area contributed by atoms with Gasteiger partial charge in [0.15, 0.2) is 6.17 Å². The van der Waals surface area contributed by atoms with Gasteiger partial charge in [-0.05, 0) is 44.7 Å². The predicted molar refractivity (Wildman–Crippen MR) is 155 cm³/mol. The first-order valence-corrected chi connectivity index (χ1v) is 13.4. The van der Waals surface area contributed by atoms with Gasteiger partial charge in [0, 0.05) is 63.0 Å². The summed E-state index contributed by atoms with van der Waals surface area (Å²) in [5.74, 6) is 0.414. The van der Waals surface area contributed by atoms with Crippen LogP contribution in [0.5, 0.6) is 0 Å². The molecule has 9 nitrogen and oxygen atoms in total. The Morgan fingerprint density at radius 2 is 1.79 bits per heavy atom. The van der Waals surface area contributed by atoms with Crippen molar-refractivity contribution in [2.45, 2.75) is 26.6 Å². The lowest BCUT2D eigenvalue weighted by atomic mass is 9.87. The second kappa shape index (κ2) is 10.2. The number of nitrogens with zero attached hydrogens (tertiary/aromatic N) is 7. The number of amides is 1. The van der Waals surface area contributed by atoms with Crippen LogP contribution in [-0.4, -0.2) is 82.3 Å². The normalized spacial score (nSPS) is 22.8. The highest BCUT2D eigenvalue weighted by Crippen LogP contribution is 2.34. The Hall–Kier alpha value is -4.08. The van der Waals surface area contributed by atoms with Crippen molar-refractivity contribution in [2.75, 3.05) is 38.5 Å². The number of likely N-dealkylation sites (N-methyl/N-ethyl adjacent to an activating group) is 1. The minimum absolute atomic E-state index is 0.187. The zero-order chi connectivity index (χ0) is 27.0. The molecule has 3 aliphatic heterocycles. The monoisotopic (exact) mass is 522 g/mol. The molecular formula is C30H34N8O. The summed E-state index contributed by atoms with van der Waals surface area (Å²) in [5.41, 5.74) is 4.19. The second-order valence-electron chi connectivity index (χ2n) is 10.8. The number of hydrogen-bond acceptors (Lipinski definition) is 7. The molecule has 0 aliphatic carbocycles. The van der Waals surface area contributed by atoms with Crippen molar-refractivity contribution in [1.82, 2.24) is 24.6 Å². The minimum Gasteiger partial charge on any atom is -0.310 e. The van der Waals surface area contributed by atoms with Gasteiger partial charge in [0.2, 0.25) is 5.91 Å². The minimum atomic E-state index is -0.922. The number of rotatable bonds is 6. The molecule has 39 heavy (non-hydrogen) atoms. The fourth-order valence-corrected chi connectivity index (χ4v) is 5.16. The fourth-order valence-electron chi connectivity index (χ4n) is 5.16. The van der Waals surface area contributed by atoms with Gasteiger partial charge in [0.25, 0.3) is 0 Å². The van der Waals surface area contributed by atoms with E-state index in [0.29, 0.717) is 5.82 Å². The maximum atomic E-state index is 13.7. The summed E-state index contributed by atoms with van der Waals surface area (Å²) >= 11 is 0. The van der Waals surface area contributed by atoms with E-state index < -0.39 is 11.6 Å². The van der Waals surface area contributed by atoms with Gasteiger partial charge in [-0.25, -0.2) is 9.69 Å². The van der Waals surface area contributed by atoms with Gasteiger partial charge in [-0.2, -0.15) is 10.2 Å². The third-order valence-electron chi connectivity index (χ3n) is 7.77. The molecule has 3 aliphatic rings. The first-order valence-electron chi connectivity index (χ1n) is 13.4. The van der Waals surface area contributed by atoms with Crippen LogP contribution >= 0.6 is 0 Å². The van der Waals surface area contributed by atoms with Gasteiger partial charge >= 0.3 is 0 Å². The molecule has 0 saturated carbocycles. The zero-order valence-electron chi connectivity index (χ0n) is 22.7. The van der Waals surface area contributed by atoms with Crippen molar-refractivity contribution >= 4 is 24.2 Å². The average molecular weight is 523 g/mol. The fraction of sp³-hybridized carbons (Fsp3) is 0.333. The van der Waals surface area contributed by atoms with Crippen molar-refractivity contribution in [3.8, 4) is 16.9 Å². The summed E-state index contributed by atoms with van der Waals surface area (Å²) < 4.78 is 1.79. The SMILES string of the molecule is Cc1ccc(-n2nc(-c3ccc(CN4CCN(C)CC4)cc3)cc2NC(=O)C2(C)C=NN3C=CC=NC32)cc1. The van der Waals surface area contributed by atoms with Crippen molar-refractivity contribution in [3.05, 3.63) is 78.0 Å². The van der Waals surface area contributed by atoms with Crippen molar-refractivity contribution in [1.29, 1.82) is 0 Å². The molecule has 2 atom stereocenters. The Labute approximate surface area is 229 Å². The van der Waals surface area contributed by atoms with Gasteiger partial charge in [-0.3, -0.25) is 14.7 Å². The maximum Gasteiger partial charge on any atom is 0.241 e. The molecule has 2 aromatic carbocycles. The number of allylic oxidation sites excluding steroid dienone is 1. The van der Waals surface area contributed by atoms with Crippen LogP contribution < -0.4 is 5.32 Å². The van der Waals surface area contributed by atoms with Crippen LogP contribution in [0.25, 0.3) is 16.9 Å². The smallest absolute Gasteiger partial charge is 0.241 e. The van der Waals surface area contributed by atoms with Crippen molar-refractivity contribution in [2.24, 2.45) is 15.5 Å². The lowest BCUT2D eigenvalue weighted by Gasteiger charge is -2.32. The molecule has 0 bridgehead atoms. The Morgan fingerprint density at radius 1 is 1.05 bits per heavy atom. The Morgan fingerprint density at radius 3 is 2.54 bits per heavy atom. The number of hydrogen-bond donors (Lipinski definition) is 1. The van der Waals surface area contributed by atoms with Crippen molar-refractivity contribution < 1.29 is 4.79 Å². The van der Waals surface area contributed by atoms with Gasteiger partial charge in [-0.1, -0.05) is 42.0 Å². The molecule has 0 radical (unpaired) electrons. The summed E-state index contributed by atoms with van der Waals surface area (Å²) in [4.78, 5) is 23.0.